The lowest BCUT2D eigenvalue weighted by molar-refractivity contribution is 0.378. The van der Waals surface area contributed by atoms with E-state index in [1.807, 2.05) is 24.9 Å². The monoisotopic (exact) mass is 238 g/mol. The van der Waals surface area contributed by atoms with E-state index in [2.05, 4.69) is 23.8 Å². The zero-order valence-corrected chi connectivity index (χ0v) is 11.3. The molecule has 5 heteroatoms. The highest BCUT2D eigenvalue weighted by molar-refractivity contribution is 5.33. The third kappa shape index (κ3) is 3.85. The molecule has 0 radical (unpaired) electrons. The molecule has 0 atom stereocenters. The van der Waals surface area contributed by atoms with E-state index >= 15 is 0 Å². The van der Waals surface area contributed by atoms with Crippen molar-refractivity contribution < 1.29 is 4.74 Å². The average molecular weight is 238 g/mol. The van der Waals surface area contributed by atoms with Gasteiger partial charge < -0.3 is 15.4 Å². The zero-order valence-electron chi connectivity index (χ0n) is 11.3. The van der Waals surface area contributed by atoms with E-state index in [1.165, 1.54) is 0 Å². The van der Waals surface area contributed by atoms with Crippen molar-refractivity contribution in [1.29, 1.82) is 0 Å². The molecule has 0 spiro atoms. The molecule has 0 unspecified atom stereocenters. The lowest BCUT2D eigenvalue weighted by atomic mass is 9.93. The van der Waals surface area contributed by atoms with E-state index in [0.29, 0.717) is 18.4 Å². The first-order chi connectivity index (χ1) is 7.88. The maximum absolute atomic E-state index is 5.73. The number of ether oxygens (including phenoxy) is 1. The first-order valence-corrected chi connectivity index (χ1v) is 5.69. The maximum atomic E-state index is 5.73. The number of rotatable bonds is 5. The molecule has 0 aromatic carbocycles. The van der Waals surface area contributed by atoms with E-state index in [-0.39, 0.29) is 5.41 Å². The molecule has 5 nitrogen and oxygen atoms in total. The summed E-state index contributed by atoms with van der Waals surface area (Å²) in [6, 6.07) is 1.81. The van der Waals surface area contributed by atoms with E-state index in [1.54, 1.807) is 7.11 Å². The fourth-order valence-corrected chi connectivity index (χ4v) is 1.58. The Kier molecular flexibility index (Phi) is 4.28. The van der Waals surface area contributed by atoms with Crippen molar-refractivity contribution in [1.82, 2.24) is 9.97 Å². The lowest BCUT2D eigenvalue weighted by Crippen LogP contribution is -2.37. The molecule has 0 saturated carbocycles. The fourth-order valence-electron chi connectivity index (χ4n) is 1.58. The van der Waals surface area contributed by atoms with Gasteiger partial charge in [0.25, 0.3) is 0 Å². The summed E-state index contributed by atoms with van der Waals surface area (Å²) in [6.45, 7) is 7.60. The van der Waals surface area contributed by atoms with Gasteiger partial charge in [-0.2, -0.15) is 4.98 Å². The van der Waals surface area contributed by atoms with E-state index < -0.39 is 0 Å². The zero-order chi connectivity index (χ0) is 13.1. The average Bonchev–Trinajstić information content (AvgIpc) is 2.27. The second kappa shape index (κ2) is 5.31. The van der Waals surface area contributed by atoms with Crippen molar-refractivity contribution in [2.75, 3.05) is 32.1 Å². The van der Waals surface area contributed by atoms with Gasteiger partial charge in [0.15, 0.2) is 0 Å². The number of methoxy groups -OCH3 is 1. The summed E-state index contributed by atoms with van der Waals surface area (Å²) in [5, 5.41) is 0. The molecule has 0 aliphatic rings. The largest absolute Gasteiger partial charge is 0.481 e. The lowest BCUT2D eigenvalue weighted by Gasteiger charge is -2.29. The van der Waals surface area contributed by atoms with Crippen LogP contribution in [0.5, 0.6) is 5.88 Å². The fraction of sp³-hybridized carbons (Fsp3) is 0.667. The van der Waals surface area contributed by atoms with Crippen LogP contribution in [-0.2, 0) is 0 Å². The van der Waals surface area contributed by atoms with Crippen LogP contribution in [0.25, 0.3) is 0 Å². The highest BCUT2D eigenvalue weighted by atomic mass is 16.5. The number of nitrogens with zero attached hydrogens (tertiary/aromatic N) is 3. The summed E-state index contributed by atoms with van der Waals surface area (Å²) >= 11 is 0. The number of anilines is 1. The molecule has 0 fully saturated rings. The Balaban J connectivity index is 2.88. The molecule has 1 rings (SSSR count). The number of hydrogen-bond acceptors (Lipinski definition) is 5. The van der Waals surface area contributed by atoms with Crippen LogP contribution in [0.2, 0.25) is 0 Å². The van der Waals surface area contributed by atoms with Crippen molar-refractivity contribution in [2.45, 2.75) is 20.8 Å². The Labute approximate surface area is 103 Å². The van der Waals surface area contributed by atoms with Crippen molar-refractivity contribution in [2.24, 2.45) is 11.1 Å². The first kappa shape index (κ1) is 13.7. The molecule has 0 aliphatic heterocycles. The van der Waals surface area contributed by atoms with Crippen LogP contribution >= 0.6 is 0 Å². The molecular formula is C12H22N4O. The van der Waals surface area contributed by atoms with Crippen LogP contribution in [0.15, 0.2) is 6.07 Å². The molecule has 0 saturated heterocycles. The van der Waals surface area contributed by atoms with Crippen molar-refractivity contribution in [3.8, 4) is 5.88 Å². The third-order valence-electron chi connectivity index (χ3n) is 2.59. The van der Waals surface area contributed by atoms with Crippen LogP contribution in [0.1, 0.15) is 19.5 Å². The summed E-state index contributed by atoms with van der Waals surface area (Å²) < 4.78 is 5.14. The topological polar surface area (TPSA) is 64.3 Å². The quantitative estimate of drug-likeness (QED) is 0.835. The summed E-state index contributed by atoms with van der Waals surface area (Å²) in [4.78, 5) is 10.7. The molecule has 1 heterocycles. The van der Waals surface area contributed by atoms with Gasteiger partial charge >= 0.3 is 0 Å². The number of aryl methyl sites for hydroxylation is 1. The van der Waals surface area contributed by atoms with Crippen molar-refractivity contribution in [3.63, 3.8) is 0 Å². The maximum Gasteiger partial charge on any atom is 0.228 e. The number of nitrogens with two attached hydrogens (primary N) is 1. The first-order valence-electron chi connectivity index (χ1n) is 5.69. The summed E-state index contributed by atoms with van der Waals surface area (Å²) in [5.41, 5.74) is 6.66. The summed E-state index contributed by atoms with van der Waals surface area (Å²) in [7, 11) is 3.57. The summed E-state index contributed by atoms with van der Waals surface area (Å²) in [5.74, 6) is 1.26. The number of hydrogen-bond donors (Lipinski definition) is 1. The van der Waals surface area contributed by atoms with Gasteiger partial charge in [0.2, 0.25) is 11.8 Å². The third-order valence-corrected chi connectivity index (χ3v) is 2.59. The van der Waals surface area contributed by atoms with Crippen LogP contribution in [0.4, 0.5) is 5.95 Å². The van der Waals surface area contributed by atoms with E-state index in [9.17, 15) is 0 Å². The van der Waals surface area contributed by atoms with Crippen LogP contribution < -0.4 is 15.4 Å². The minimum atomic E-state index is 0.0368. The van der Waals surface area contributed by atoms with E-state index in [4.69, 9.17) is 10.5 Å². The Morgan fingerprint density at radius 3 is 2.59 bits per heavy atom. The van der Waals surface area contributed by atoms with Crippen LogP contribution in [0, 0.1) is 12.3 Å². The highest BCUT2D eigenvalue weighted by Crippen LogP contribution is 2.19. The van der Waals surface area contributed by atoms with Gasteiger partial charge in [0.05, 0.1) is 7.11 Å². The predicted molar refractivity (Wildman–Crippen MR) is 69.4 cm³/mol. The van der Waals surface area contributed by atoms with Gasteiger partial charge in [0.1, 0.15) is 0 Å². The number of aromatic nitrogens is 2. The molecule has 2 N–H and O–H groups in total. The molecule has 1 aromatic rings. The van der Waals surface area contributed by atoms with Crippen LogP contribution in [-0.4, -0.2) is 37.2 Å². The molecule has 96 valence electrons. The second-order valence-electron chi connectivity index (χ2n) is 5.08. The SMILES string of the molecule is COc1cc(C)nc(N(C)CC(C)(C)CN)n1. The molecule has 0 amide bonds. The standard InChI is InChI=1S/C12H22N4O/c1-9-6-10(17-5)15-11(14-9)16(4)8-12(2,3)7-13/h6H,7-8,13H2,1-5H3. The Morgan fingerprint density at radius 1 is 1.41 bits per heavy atom. The molecule has 0 aliphatic carbocycles. The van der Waals surface area contributed by atoms with Gasteiger partial charge in [-0.05, 0) is 18.9 Å². The van der Waals surface area contributed by atoms with Gasteiger partial charge in [-0.1, -0.05) is 13.8 Å². The Bertz CT molecular complexity index is 379. The van der Waals surface area contributed by atoms with Gasteiger partial charge in [0, 0.05) is 25.4 Å². The van der Waals surface area contributed by atoms with Gasteiger partial charge in [-0.15, -0.1) is 0 Å². The molecular weight excluding hydrogens is 216 g/mol. The van der Waals surface area contributed by atoms with Gasteiger partial charge in [-0.25, -0.2) is 4.98 Å². The van der Waals surface area contributed by atoms with Crippen molar-refractivity contribution >= 4 is 5.95 Å². The minimum absolute atomic E-state index is 0.0368. The molecule has 0 bridgehead atoms. The predicted octanol–water partition coefficient (Wildman–Crippen LogP) is 1.21. The van der Waals surface area contributed by atoms with Crippen molar-refractivity contribution in [3.05, 3.63) is 11.8 Å². The summed E-state index contributed by atoms with van der Waals surface area (Å²) in [6.07, 6.45) is 0. The second-order valence-corrected chi connectivity index (χ2v) is 5.08. The normalized spacial score (nSPS) is 11.4. The molecule has 17 heavy (non-hydrogen) atoms. The Hall–Kier alpha value is -1.36. The minimum Gasteiger partial charge on any atom is -0.481 e. The van der Waals surface area contributed by atoms with E-state index in [0.717, 1.165) is 12.2 Å². The van der Waals surface area contributed by atoms with Gasteiger partial charge in [-0.3, -0.25) is 0 Å². The Morgan fingerprint density at radius 2 is 2.06 bits per heavy atom. The molecule has 1 aromatic heterocycles. The highest BCUT2D eigenvalue weighted by Gasteiger charge is 2.20. The van der Waals surface area contributed by atoms with Crippen LogP contribution in [0.3, 0.4) is 0 Å². The smallest absolute Gasteiger partial charge is 0.228 e.